The van der Waals surface area contributed by atoms with Gasteiger partial charge in [0.15, 0.2) is 5.96 Å². The topological polar surface area (TPSA) is 128 Å². The number of hydrogen-bond acceptors (Lipinski definition) is 3. The number of anilines is 2. The Bertz CT molecular complexity index is 859. The van der Waals surface area contributed by atoms with Gasteiger partial charge in [0.25, 0.3) is 5.91 Å². The maximum absolute atomic E-state index is 12.4. The molecule has 2 aromatic carbocycles. The van der Waals surface area contributed by atoms with E-state index >= 15 is 0 Å². The van der Waals surface area contributed by atoms with Crippen LogP contribution >= 0.6 is 0 Å². The van der Waals surface area contributed by atoms with Gasteiger partial charge in [0, 0.05) is 23.0 Å². The van der Waals surface area contributed by atoms with Crippen LogP contribution in [0.5, 0.6) is 0 Å². The molecule has 0 aliphatic carbocycles. The molecule has 0 unspecified atom stereocenters. The zero-order chi connectivity index (χ0) is 18.4. The fourth-order valence-electron chi connectivity index (χ4n) is 2.22. The summed E-state index contributed by atoms with van der Waals surface area (Å²) in [4.78, 5) is 23.1. The van der Waals surface area contributed by atoms with E-state index in [0.29, 0.717) is 22.5 Å². The van der Waals surface area contributed by atoms with Crippen LogP contribution in [-0.2, 0) is 4.79 Å². The van der Waals surface area contributed by atoms with Gasteiger partial charge in [-0.25, -0.2) is 4.79 Å². The van der Waals surface area contributed by atoms with E-state index < -0.39 is 5.97 Å². The van der Waals surface area contributed by atoms with Gasteiger partial charge >= 0.3 is 5.97 Å². The second-order valence-corrected chi connectivity index (χ2v) is 5.26. The van der Waals surface area contributed by atoms with E-state index in [9.17, 15) is 9.59 Å². The minimum atomic E-state index is -1.04. The first-order valence-electron chi connectivity index (χ1n) is 7.40. The zero-order valence-corrected chi connectivity index (χ0v) is 13.5. The maximum Gasteiger partial charge on any atom is 0.328 e. The lowest BCUT2D eigenvalue weighted by Gasteiger charge is -2.11. The summed E-state index contributed by atoms with van der Waals surface area (Å²) in [6, 6.07) is 11.8. The molecular weight excluding hydrogens is 320 g/mol. The quantitative estimate of drug-likeness (QED) is 0.325. The summed E-state index contributed by atoms with van der Waals surface area (Å²) < 4.78 is 0. The number of nitrogens with two attached hydrogens (primary N) is 1. The molecule has 0 saturated heterocycles. The number of hydrogen-bond donors (Lipinski definition) is 5. The van der Waals surface area contributed by atoms with Crippen LogP contribution in [0.15, 0.2) is 48.5 Å². The molecule has 0 aliphatic rings. The van der Waals surface area contributed by atoms with E-state index in [0.717, 1.165) is 11.6 Å². The van der Waals surface area contributed by atoms with Crippen molar-refractivity contribution < 1.29 is 14.7 Å². The van der Waals surface area contributed by atoms with Crippen LogP contribution in [0.3, 0.4) is 0 Å². The van der Waals surface area contributed by atoms with Crippen LogP contribution in [0.4, 0.5) is 11.4 Å². The molecule has 0 aromatic heterocycles. The highest BCUT2D eigenvalue weighted by molar-refractivity contribution is 6.06. The Morgan fingerprint density at radius 3 is 2.56 bits per heavy atom. The lowest BCUT2D eigenvalue weighted by molar-refractivity contribution is -0.131. The summed E-state index contributed by atoms with van der Waals surface area (Å²) in [5, 5.41) is 21.4. The number of carboxylic acids is 1. The number of carboxylic acid groups (broad SMARTS) is 1. The molecule has 0 radical (unpaired) electrons. The van der Waals surface area contributed by atoms with Crippen LogP contribution in [0.25, 0.3) is 6.08 Å². The van der Waals surface area contributed by atoms with Crippen molar-refractivity contribution in [1.82, 2.24) is 0 Å². The average molecular weight is 338 g/mol. The van der Waals surface area contributed by atoms with E-state index in [2.05, 4.69) is 10.6 Å². The molecule has 0 spiro atoms. The average Bonchev–Trinajstić information content (AvgIpc) is 2.55. The van der Waals surface area contributed by atoms with Crippen molar-refractivity contribution in [1.29, 1.82) is 5.41 Å². The molecule has 2 aromatic rings. The Hall–Kier alpha value is -3.61. The SMILES string of the molecule is Cc1c(C=CC(=O)O)cccc1NC(=O)c1cccc(NC(=N)N)c1. The van der Waals surface area contributed by atoms with Gasteiger partial charge in [0.05, 0.1) is 0 Å². The van der Waals surface area contributed by atoms with Crippen molar-refractivity contribution >= 4 is 35.3 Å². The molecule has 25 heavy (non-hydrogen) atoms. The van der Waals surface area contributed by atoms with E-state index in [1.165, 1.54) is 6.08 Å². The van der Waals surface area contributed by atoms with Gasteiger partial charge in [-0.05, 0) is 48.4 Å². The molecule has 0 bridgehead atoms. The van der Waals surface area contributed by atoms with Crippen molar-refractivity contribution in [3.05, 3.63) is 65.2 Å². The largest absolute Gasteiger partial charge is 0.478 e. The van der Waals surface area contributed by atoms with Gasteiger partial charge in [-0.1, -0.05) is 18.2 Å². The molecule has 128 valence electrons. The highest BCUT2D eigenvalue weighted by Gasteiger charge is 2.10. The van der Waals surface area contributed by atoms with Crippen LogP contribution in [0, 0.1) is 12.3 Å². The van der Waals surface area contributed by atoms with Crippen molar-refractivity contribution in [2.75, 3.05) is 10.6 Å². The highest BCUT2D eigenvalue weighted by atomic mass is 16.4. The molecule has 7 nitrogen and oxygen atoms in total. The number of guanidine groups is 1. The van der Waals surface area contributed by atoms with Crippen molar-refractivity contribution in [2.24, 2.45) is 5.73 Å². The van der Waals surface area contributed by atoms with Gasteiger partial charge in [-0.15, -0.1) is 0 Å². The van der Waals surface area contributed by atoms with Gasteiger partial charge in [-0.2, -0.15) is 0 Å². The molecule has 6 N–H and O–H groups in total. The summed E-state index contributed by atoms with van der Waals surface area (Å²) in [6.45, 7) is 1.80. The number of nitrogens with one attached hydrogen (secondary N) is 3. The lowest BCUT2D eigenvalue weighted by atomic mass is 10.1. The van der Waals surface area contributed by atoms with Crippen LogP contribution in [0.1, 0.15) is 21.5 Å². The van der Waals surface area contributed by atoms with Crippen molar-refractivity contribution in [3.63, 3.8) is 0 Å². The maximum atomic E-state index is 12.4. The Morgan fingerprint density at radius 1 is 1.16 bits per heavy atom. The number of rotatable bonds is 5. The van der Waals surface area contributed by atoms with E-state index in [1.807, 2.05) is 0 Å². The van der Waals surface area contributed by atoms with E-state index in [-0.39, 0.29) is 11.9 Å². The molecular formula is C18H18N4O3. The second-order valence-electron chi connectivity index (χ2n) is 5.26. The molecule has 0 atom stereocenters. The van der Waals surface area contributed by atoms with Crippen LogP contribution in [-0.4, -0.2) is 22.9 Å². The number of amides is 1. The molecule has 0 fully saturated rings. The predicted molar refractivity (Wildman–Crippen MR) is 97.8 cm³/mol. The first-order valence-corrected chi connectivity index (χ1v) is 7.40. The molecule has 0 aliphatic heterocycles. The standard InChI is InChI=1S/C18H18N4O3/c1-11-12(8-9-16(23)24)4-3-7-15(11)22-17(25)13-5-2-6-14(10-13)21-18(19)20/h2-10H,1H3,(H,22,25)(H,23,24)(H4,19,20,21). The Labute approximate surface area is 144 Å². The summed E-state index contributed by atoms with van der Waals surface area (Å²) >= 11 is 0. The number of aliphatic carboxylic acids is 1. The number of carbonyl (C=O) groups is 2. The first kappa shape index (κ1) is 17.7. The predicted octanol–water partition coefficient (Wildman–Crippen LogP) is 2.65. The van der Waals surface area contributed by atoms with E-state index in [1.54, 1.807) is 49.4 Å². The summed E-state index contributed by atoms with van der Waals surface area (Å²) in [5.41, 5.74) is 8.26. The van der Waals surface area contributed by atoms with Gasteiger partial charge < -0.3 is 21.5 Å². The number of carbonyl (C=O) groups excluding carboxylic acids is 1. The monoisotopic (exact) mass is 338 g/mol. The minimum Gasteiger partial charge on any atom is -0.478 e. The highest BCUT2D eigenvalue weighted by Crippen LogP contribution is 2.21. The molecule has 7 heteroatoms. The van der Waals surface area contributed by atoms with Crippen molar-refractivity contribution in [2.45, 2.75) is 6.92 Å². The van der Waals surface area contributed by atoms with Crippen LogP contribution < -0.4 is 16.4 Å². The molecule has 0 heterocycles. The van der Waals surface area contributed by atoms with Crippen LogP contribution in [0.2, 0.25) is 0 Å². The fraction of sp³-hybridized carbons (Fsp3) is 0.0556. The smallest absolute Gasteiger partial charge is 0.328 e. The fourth-order valence-corrected chi connectivity index (χ4v) is 2.22. The van der Waals surface area contributed by atoms with Gasteiger partial charge in [0.1, 0.15) is 0 Å². The summed E-state index contributed by atoms with van der Waals surface area (Å²) in [6.07, 6.45) is 2.52. The third-order valence-electron chi connectivity index (χ3n) is 3.43. The van der Waals surface area contributed by atoms with Crippen molar-refractivity contribution in [3.8, 4) is 0 Å². The number of benzene rings is 2. The Kier molecular flexibility index (Phi) is 5.52. The second kappa shape index (κ2) is 7.78. The minimum absolute atomic E-state index is 0.216. The first-order chi connectivity index (χ1) is 11.9. The Balaban J connectivity index is 2.22. The molecule has 1 amide bonds. The lowest BCUT2D eigenvalue weighted by Crippen LogP contribution is -2.21. The van der Waals surface area contributed by atoms with E-state index in [4.69, 9.17) is 16.2 Å². The van der Waals surface area contributed by atoms with Gasteiger partial charge in [-0.3, -0.25) is 10.2 Å². The summed E-state index contributed by atoms with van der Waals surface area (Å²) in [7, 11) is 0. The van der Waals surface area contributed by atoms with Gasteiger partial charge in [0.2, 0.25) is 0 Å². The third-order valence-corrected chi connectivity index (χ3v) is 3.43. The molecule has 2 rings (SSSR count). The zero-order valence-electron chi connectivity index (χ0n) is 13.5. The normalized spacial score (nSPS) is 10.4. The Morgan fingerprint density at radius 2 is 1.88 bits per heavy atom. The molecule has 0 saturated carbocycles. The third kappa shape index (κ3) is 4.93. The summed E-state index contributed by atoms with van der Waals surface area (Å²) in [5.74, 6) is -1.58.